The van der Waals surface area contributed by atoms with Crippen LogP contribution >= 0.6 is 0 Å². The fraction of sp³-hybridized carbons (Fsp3) is 0. The van der Waals surface area contributed by atoms with Crippen LogP contribution in [-0.2, 0) is 0 Å². The van der Waals surface area contributed by atoms with Crippen LogP contribution in [0.25, 0.3) is 11.1 Å². The molecule has 0 aliphatic heterocycles. The van der Waals surface area contributed by atoms with Crippen molar-refractivity contribution in [3.63, 3.8) is 0 Å². The lowest BCUT2D eigenvalue weighted by Crippen LogP contribution is -2.35. The van der Waals surface area contributed by atoms with Crippen molar-refractivity contribution in [2.45, 2.75) is 0 Å². The number of hydrogen-bond donors (Lipinski definition) is 0. The molecule has 0 aliphatic rings. The first-order valence-electron chi connectivity index (χ1n) is 8.89. The van der Waals surface area contributed by atoms with Gasteiger partial charge in [0.2, 0.25) is 0 Å². The molecule has 0 bridgehead atoms. The van der Waals surface area contributed by atoms with E-state index in [0.29, 0.717) is 0 Å². The van der Waals surface area contributed by atoms with Crippen molar-refractivity contribution < 1.29 is 8.85 Å². The Hall–Kier alpha value is -3.09. The fourth-order valence-corrected chi connectivity index (χ4v) is 5.19. The van der Waals surface area contributed by atoms with Gasteiger partial charge in [0.1, 0.15) is 11.5 Å². The second-order valence-electron chi connectivity index (χ2n) is 6.19. The van der Waals surface area contributed by atoms with Crippen LogP contribution in [-0.4, -0.2) is 16.6 Å². The van der Waals surface area contributed by atoms with Gasteiger partial charge in [-0.2, -0.15) is 0 Å². The van der Waals surface area contributed by atoms with Gasteiger partial charge >= 0.3 is 16.6 Å². The SMILES string of the molecule is C=C[Si](C=C)(C=C)Oc1ccc(-c2cccc(O[Si](C=C)(C=C)C=C)c2)cc1. The Kier molecular flexibility index (Phi) is 6.98. The van der Waals surface area contributed by atoms with Crippen molar-refractivity contribution in [1.82, 2.24) is 0 Å². The summed E-state index contributed by atoms with van der Waals surface area (Å²) in [4.78, 5) is 0. The zero-order valence-electron chi connectivity index (χ0n) is 16.1. The molecule has 2 aromatic rings. The Morgan fingerprint density at radius 2 is 1.00 bits per heavy atom. The molecule has 2 nitrogen and oxygen atoms in total. The Labute approximate surface area is 170 Å². The summed E-state index contributed by atoms with van der Waals surface area (Å²) in [6, 6.07) is 15.9. The normalized spacial score (nSPS) is 11.0. The van der Waals surface area contributed by atoms with E-state index in [2.05, 4.69) is 39.5 Å². The molecule has 0 heterocycles. The van der Waals surface area contributed by atoms with E-state index < -0.39 is 16.6 Å². The summed E-state index contributed by atoms with van der Waals surface area (Å²) in [6.45, 7) is 23.2. The number of benzene rings is 2. The maximum atomic E-state index is 6.18. The minimum Gasteiger partial charge on any atom is -0.532 e. The highest BCUT2D eigenvalue weighted by Gasteiger charge is 2.26. The molecule has 0 saturated carbocycles. The highest BCUT2D eigenvalue weighted by Crippen LogP contribution is 2.28. The largest absolute Gasteiger partial charge is 0.532 e. The van der Waals surface area contributed by atoms with E-state index in [-0.39, 0.29) is 0 Å². The third kappa shape index (κ3) is 4.60. The van der Waals surface area contributed by atoms with Crippen LogP contribution in [0.15, 0.2) is 122 Å². The molecular formula is C24H26O2Si2. The predicted octanol–water partition coefficient (Wildman–Crippen LogP) is 6.35. The highest BCUT2D eigenvalue weighted by atomic mass is 28.4. The van der Waals surface area contributed by atoms with E-state index in [1.165, 1.54) is 0 Å². The van der Waals surface area contributed by atoms with Gasteiger partial charge < -0.3 is 8.85 Å². The topological polar surface area (TPSA) is 18.5 Å². The molecule has 142 valence electrons. The van der Waals surface area contributed by atoms with Gasteiger partial charge in [-0.3, -0.25) is 0 Å². The van der Waals surface area contributed by atoms with Crippen molar-refractivity contribution in [2.24, 2.45) is 0 Å². The first-order chi connectivity index (χ1) is 13.5. The molecule has 0 spiro atoms. The summed E-state index contributed by atoms with van der Waals surface area (Å²) in [7, 11) is -4.74. The van der Waals surface area contributed by atoms with Gasteiger partial charge in [-0.05, 0) is 35.4 Å². The third-order valence-electron chi connectivity index (χ3n) is 4.53. The molecule has 0 saturated heterocycles. The molecular weight excluding hydrogens is 376 g/mol. The predicted molar refractivity (Wildman–Crippen MR) is 126 cm³/mol. The van der Waals surface area contributed by atoms with Gasteiger partial charge in [-0.1, -0.05) is 58.5 Å². The first-order valence-corrected chi connectivity index (χ1v) is 13.2. The molecule has 2 rings (SSSR count). The van der Waals surface area contributed by atoms with E-state index in [0.717, 1.165) is 22.6 Å². The second kappa shape index (κ2) is 9.21. The molecule has 0 atom stereocenters. The molecule has 2 aromatic carbocycles. The standard InChI is InChI=1S/C24H26O2Si2/c1-7-27(8-2,9-3)25-23-18-16-21(17-19-23)22-14-13-15-24(20-22)26-28(10-4,11-5)12-6/h7-20H,1-6H2. The summed E-state index contributed by atoms with van der Waals surface area (Å²) in [5.41, 5.74) is 12.9. The Balaban J connectivity index is 2.27. The van der Waals surface area contributed by atoms with Crippen LogP contribution in [0.2, 0.25) is 0 Å². The zero-order chi connectivity index (χ0) is 20.6. The van der Waals surface area contributed by atoms with E-state index >= 15 is 0 Å². The van der Waals surface area contributed by atoms with Crippen molar-refractivity contribution in [3.8, 4) is 22.6 Å². The van der Waals surface area contributed by atoms with E-state index in [1.54, 1.807) is 34.2 Å². The molecule has 0 unspecified atom stereocenters. The molecule has 0 aliphatic carbocycles. The van der Waals surface area contributed by atoms with Gasteiger partial charge in [0.05, 0.1) is 0 Å². The first kappa shape index (κ1) is 21.2. The van der Waals surface area contributed by atoms with Crippen molar-refractivity contribution in [1.29, 1.82) is 0 Å². The monoisotopic (exact) mass is 402 g/mol. The maximum absolute atomic E-state index is 6.18. The van der Waals surface area contributed by atoms with Gasteiger partial charge in [-0.25, -0.2) is 0 Å². The van der Waals surface area contributed by atoms with Crippen LogP contribution < -0.4 is 8.85 Å². The van der Waals surface area contributed by atoms with E-state index in [9.17, 15) is 0 Å². The zero-order valence-corrected chi connectivity index (χ0v) is 18.1. The van der Waals surface area contributed by atoms with Crippen LogP contribution in [0.5, 0.6) is 11.5 Å². The Bertz CT molecular complexity index is 854. The Morgan fingerprint density at radius 1 is 0.536 bits per heavy atom. The molecule has 0 N–H and O–H groups in total. The van der Waals surface area contributed by atoms with E-state index in [4.69, 9.17) is 8.85 Å². The third-order valence-corrected chi connectivity index (χ3v) is 9.53. The van der Waals surface area contributed by atoms with Gasteiger partial charge in [0.25, 0.3) is 0 Å². The van der Waals surface area contributed by atoms with Crippen LogP contribution in [0.3, 0.4) is 0 Å². The summed E-state index contributed by atoms with van der Waals surface area (Å²) in [6.07, 6.45) is 0. The maximum Gasteiger partial charge on any atom is 0.323 e. The lowest BCUT2D eigenvalue weighted by atomic mass is 10.1. The average Bonchev–Trinajstić information content (AvgIpc) is 2.77. The molecule has 0 aromatic heterocycles. The molecule has 0 amide bonds. The lowest BCUT2D eigenvalue weighted by Gasteiger charge is -2.22. The molecule has 0 fully saturated rings. The van der Waals surface area contributed by atoms with Gasteiger partial charge in [0.15, 0.2) is 0 Å². The number of hydrogen-bond acceptors (Lipinski definition) is 2. The summed E-state index contributed by atoms with van der Waals surface area (Å²) in [5, 5.41) is 0. The van der Waals surface area contributed by atoms with Crippen molar-refractivity contribution in [3.05, 3.63) is 122 Å². The minimum atomic E-state index is -2.38. The van der Waals surface area contributed by atoms with E-state index in [1.807, 2.05) is 48.5 Å². The second-order valence-corrected chi connectivity index (χ2v) is 12.5. The minimum absolute atomic E-state index is 0.763. The Morgan fingerprint density at radius 3 is 1.46 bits per heavy atom. The fourth-order valence-electron chi connectivity index (χ4n) is 2.61. The summed E-state index contributed by atoms with van der Waals surface area (Å²) in [5.74, 6) is 1.53. The quantitative estimate of drug-likeness (QED) is 0.408. The number of rotatable bonds is 11. The molecule has 28 heavy (non-hydrogen) atoms. The van der Waals surface area contributed by atoms with Gasteiger partial charge in [0, 0.05) is 0 Å². The highest BCUT2D eigenvalue weighted by molar-refractivity contribution is 6.88. The van der Waals surface area contributed by atoms with Crippen molar-refractivity contribution in [2.75, 3.05) is 0 Å². The molecule has 0 radical (unpaired) electrons. The molecule has 4 heteroatoms. The van der Waals surface area contributed by atoms with Crippen molar-refractivity contribution >= 4 is 16.6 Å². The van der Waals surface area contributed by atoms with Crippen LogP contribution in [0.1, 0.15) is 0 Å². The lowest BCUT2D eigenvalue weighted by molar-refractivity contribution is 0.574. The summed E-state index contributed by atoms with van der Waals surface area (Å²) < 4.78 is 12.3. The van der Waals surface area contributed by atoms with Gasteiger partial charge in [-0.15, -0.1) is 39.5 Å². The smallest absolute Gasteiger partial charge is 0.323 e. The summed E-state index contributed by atoms with van der Waals surface area (Å²) >= 11 is 0. The van der Waals surface area contributed by atoms with Crippen LogP contribution in [0, 0.1) is 0 Å². The average molecular weight is 403 g/mol. The van der Waals surface area contributed by atoms with Crippen LogP contribution in [0.4, 0.5) is 0 Å².